The molecule has 0 atom stereocenters. The molecule has 8 nitrogen and oxygen atoms in total. The molecule has 1 aliphatic rings. The number of benzene rings is 1. The number of guanidine groups is 1. The highest BCUT2D eigenvalue weighted by atomic mass is 32.2. The summed E-state index contributed by atoms with van der Waals surface area (Å²) in [5.74, 6) is 0.693. The summed E-state index contributed by atoms with van der Waals surface area (Å²) < 4.78 is 31.6. The zero-order valence-corrected chi connectivity index (χ0v) is 19.7. The van der Waals surface area contributed by atoms with Crippen molar-refractivity contribution in [1.29, 1.82) is 0 Å². The van der Waals surface area contributed by atoms with E-state index in [1.807, 2.05) is 6.92 Å². The van der Waals surface area contributed by atoms with Crippen molar-refractivity contribution in [3.63, 3.8) is 0 Å². The molecule has 2 aromatic rings. The van der Waals surface area contributed by atoms with Gasteiger partial charge in [-0.25, -0.2) is 8.42 Å². The molecular weight excluding hydrogens is 414 g/mol. The Morgan fingerprint density at radius 2 is 1.84 bits per heavy atom. The van der Waals surface area contributed by atoms with Crippen LogP contribution in [0.1, 0.15) is 37.6 Å². The molecule has 0 unspecified atom stereocenters. The molecule has 1 fully saturated rings. The van der Waals surface area contributed by atoms with Crippen LogP contribution in [0, 0.1) is 6.92 Å². The van der Waals surface area contributed by atoms with Gasteiger partial charge >= 0.3 is 0 Å². The van der Waals surface area contributed by atoms with Crippen molar-refractivity contribution >= 4 is 16.0 Å². The Hall–Kier alpha value is -2.39. The number of sulfonamides is 1. The lowest BCUT2D eigenvalue weighted by Crippen LogP contribution is -2.54. The molecule has 0 amide bonds. The van der Waals surface area contributed by atoms with Gasteiger partial charge in [-0.15, -0.1) is 0 Å². The maximum Gasteiger partial charge on any atom is 0.220 e. The van der Waals surface area contributed by atoms with Crippen LogP contribution in [0.5, 0.6) is 0 Å². The first-order valence-electron chi connectivity index (χ1n) is 10.7. The largest absolute Gasteiger partial charge is 0.364 e. The number of piperazine rings is 1. The molecule has 3 rings (SSSR count). The predicted molar refractivity (Wildman–Crippen MR) is 122 cm³/mol. The zero-order chi connectivity index (χ0) is 22.5. The standard InChI is InChI=1S/C22H33N5O3S/c1-5-23-21(24-17-22(3,4)19-8-6-18(2)7-9-19)26-11-13-27(14-12-26)31(28,29)16-20-10-15-30-25-20/h6-10,15H,5,11-14,16-17H2,1-4H3,(H,23,24). The third kappa shape index (κ3) is 6.07. The number of nitrogens with zero attached hydrogens (tertiary/aromatic N) is 4. The van der Waals surface area contributed by atoms with Gasteiger partial charge < -0.3 is 14.7 Å². The van der Waals surface area contributed by atoms with Gasteiger partial charge in [-0.1, -0.05) is 48.8 Å². The van der Waals surface area contributed by atoms with E-state index < -0.39 is 10.0 Å². The summed E-state index contributed by atoms with van der Waals surface area (Å²) in [5.41, 5.74) is 2.82. The quantitative estimate of drug-likeness (QED) is 0.518. The van der Waals surface area contributed by atoms with E-state index in [0.717, 1.165) is 12.5 Å². The summed E-state index contributed by atoms with van der Waals surface area (Å²) in [6, 6.07) is 10.2. The topological polar surface area (TPSA) is 91.0 Å². The molecule has 170 valence electrons. The second-order valence-electron chi connectivity index (χ2n) is 8.55. The second-order valence-corrected chi connectivity index (χ2v) is 10.5. The first-order valence-corrected chi connectivity index (χ1v) is 12.3. The van der Waals surface area contributed by atoms with Crippen molar-refractivity contribution in [2.45, 2.75) is 38.9 Å². The SMILES string of the molecule is CCNC(=NCC(C)(C)c1ccc(C)cc1)N1CCN(S(=O)(=O)Cc2ccon2)CC1. The van der Waals surface area contributed by atoms with Gasteiger partial charge in [0.1, 0.15) is 12.0 Å². The predicted octanol–water partition coefficient (Wildman–Crippen LogP) is 2.37. The van der Waals surface area contributed by atoms with E-state index in [9.17, 15) is 8.42 Å². The van der Waals surface area contributed by atoms with Gasteiger partial charge in [0, 0.05) is 44.2 Å². The fourth-order valence-corrected chi connectivity index (χ4v) is 4.99. The summed E-state index contributed by atoms with van der Waals surface area (Å²) in [6.45, 7) is 11.9. The summed E-state index contributed by atoms with van der Waals surface area (Å²) in [5, 5.41) is 7.08. The molecule has 2 heterocycles. The maximum absolute atomic E-state index is 12.7. The van der Waals surface area contributed by atoms with Gasteiger partial charge in [0.15, 0.2) is 5.96 Å². The Labute approximate surface area is 185 Å². The van der Waals surface area contributed by atoms with E-state index in [2.05, 4.69) is 60.4 Å². The Kier molecular flexibility index (Phi) is 7.38. The van der Waals surface area contributed by atoms with Crippen LogP contribution in [0.4, 0.5) is 0 Å². The Balaban J connectivity index is 1.63. The highest BCUT2D eigenvalue weighted by Gasteiger charge is 2.29. The van der Waals surface area contributed by atoms with E-state index in [0.29, 0.717) is 38.4 Å². The van der Waals surface area contributed by atoms with E-state index in [1.165, 1.54) is 21.7 Å². The van der Waals surface area contributed by atoms with E-state index in [-0.39, 0.29) is 11.2 Å². The van der Waals surface area contributed by atoms with Crippen molar-refractivity contribution < 1.29 is 12.9 Å². The number of nitrogens with one attached hydrogen (secondary N) is 1. The lowest BCUT2D eigenvalue weighted by molar-refractivity contribution is 0.259. The minimum Gasteiger partial charge on any atom is -0.364 e. The minimum absolute atomic E-state index is 0.100. The lowest BCUT2D eigenvalue weighted by Gasteiger charge is -2.36. The van der Waals surface area contributed by atoms with Crippen molar-refractivity contribution in [3.8, 4) is 0 Å². The van der Waals surface area contributed by atoms with Gasteiger partial charge in [-0.2, -0.15) is 4.31 Å². The Bertz CT molecular complexity index is 961. The fraction of sp³-hybridized carbons (Fsp3) is 0.545. The molecule has 0 aliphatic carbocycles. The number of hydrogen-bond acceptors (Lipinski definition) is 5. The first-order chi connectivity index (χ1) is 14.7. The molecule has 0 bridgehead atoms. The molecule has 1 N–H and O–H groups in total. The van der Waals surface area contributed by atoms with Crippen molar-refractivity contribution in [2.24, 2.45) is 4.99 Å². The molecule has 1 aromatic carbocycles. The summed E-state index contributed by atoms with van der Waals surface area (Å²) in [4.78, 5) is 7.03. The molecule has 0 radical (unpaired) electrons. The van der Waals surface area contributed by atoms with Crippen molar-refractivity contribution in [1.82, 2.24) is 19.7 Å². The minimum atomic E-state index is -3.42. The third-order valence-electron chi connectivity index (χ3n) is 5.55. The van der Waals surface area contributed by atoms with Crippen LogP contribution in [0.3, 0.4) is 0 Å². The summed E-state index contributed by atoms with van der Waals surface area (Å²) >= 11 is 0. The molecule has 0 spiro atoms. The van der Waals surface area contributed by atoms with Crippen molar-refractivity contribution in [2.75, 3.05) is 39.3 Å². The molecule has 1 saturated heterocycles. The average Bonchev–Trinajstić information content (AvgIpc) is 3.24. The number of aryl methyl sites for hydroxylation is 1. The van der Waals surface area contributed by atoms with Gasteiger partial charge in [0.2, 0.25) is 10.0 Å². The first kappa shape index (κ1) is 23.3. The third-order valence-corrected chi connectivity index (χ3v) is 7.36. The van der Waals surface area contributed by atoms with Crippen LogP contribution >= 0.6 is 0 Å². The molecule has 1 aliphatic heterocycles. The van der Waals surface area contributed by atoms with E-state index in [1.54, 1.807) is 6.07 Å². The maximum atomic E-state index is 12.7. The van der Waals surface area contributed by atoms with Gasteiger partial charge in [-0.05, 0) is 19.4 Å². The second kappa shape index (κ2) is 9.82. The van der Waals surface area contributed by atoms with Crippen LogP contribution < -0.4 is 5.32 Å². The molecule has 9 heteroatoms. The Morgan fingerprint density at radius 1 is 1.16 bits per heavy atom. The molecule has 1 aromatic heterocycles. The number of aliphatic imine (C=N–C) groups is 1. The average molecular weight is 448 g/mol. The molecule has 31 heavy (non-hydrogen) atoms. The van der Waals surface area contributed by atoms with Crippen LogP contribution in [-0.2, 0) is 21.2 Å². The van der Waals surface area contributed by atoms with E-state index in [4.69, 9.17) is 9.52 Å². The molecular formula is C22H33N5O3S. The van der Waals surface area contributed by atoms with Gasteiger partial charge in [0.05, 0.1) is 12.2 Å². The van der Waals surface area contributed by atoms with Gasteiger partial charge in [-0.3, -0.25) is 4.99 Å². The van der Waals surface area contributed by atoms with Crippen LogP contribution in [0.25, 0.3) is 0 Å². The van der Waals surface area contributed by atoms with E-state index >= 15 is 0 Å². The van der Waals surface area contributed by atoms with Crippen LogP contribution in [0.15, 0.2) is 46.1 Å². The monoisotopic (exact) mass is 447 g/mol. The summed E-state index contributed by atoms with van der Waals surface area (Å²) in [6.07, 6.45) is 1.39. The lowest BCUT2D eigenvalue weighted by atomic mass is 9.84. The smallest absolute Gasteiger partial charge is 0.220 e. The zero-order valence-electron chi connectivity index (χ0n) is 18.8. The van der Waals surface area contributed by atoms with Crippen molar-refractivity contribution in [3.05, 3.63) is 53.4 Å². The van der Waals surface area contributed by atoms with Gasteiger partial charge in [0.25, 0.3) is 0 Å². The molecule has 0 saturated carbocycles. The Morgan fingerprint density at radius 3 is 2.42 bits per heavy atom. The number of rotatable bonds is 7. The highest BCUT2D eigenvalue weighted by Crippen LogP contribution is 2.24. The normalized spacial score (nSPS) is 16.5. The summed E-state index contributed by atoms with van der Waals surface area (Å²) in [7, 11) is -3.42. The number of hydrogen-bond donors (Lipinski definition) is 1. The number of aromatic nitrogens is 1. The van der Waals surface area contributed by atoms with Crippen LogP contribution in [-0.4, -0.2) is 68.0 Å². The van der Waals surface area contributed by atoms with Crippen LogP contribution in [0.2, 0.25) is 0 Å². The fourth-order valence-electron chi connectivity index (χ4n) is 3.56. The highest BCUT2D eigenvalue weighted by molar-refractivity contribution is 7.88.